The zero-order chi connectivity index (χ0) is 14.1. The molecule has 0 N–H and O–H groups in total. The highest BCUT2D eigenvalue weighted by molar-refractivity contribution is 7.89. The van der Waals surface area contributed by atoms with Crippen LogP contribution in [0.5, 0.6) is 0 Å². The van der Waals surface area contributed by atoms with Gasteiger partial charge in [-0.05, 0) is 6.07 Å². The first kappa shape index (κ1) is 15.3. The third kappa shape index (κ3) is 3.39. The fourth-order valence-corrected chi connectivity index (χ4v) is 2.89. The van der Waals surface area contributed by atoms with Crippen LogP contribution in [0, 0.1) is 0 Å². The van der Waals surface area contributed by atoms with Crippen LogP contribution in [0.3, 0.4) is 0 Å². The maximum Gasteiger partial charge on any atom is 0.402 e. The second kappa shape index (κ2) is 5.10. The maximum absolute atomic E-state index is 12.2. The minimum atomic E-state index is -4.58. The van der Waals surface area contributed by atoms with Crippen LogP contribution in [0.1, 0.15) is 5.69 Å². The Labute approximate surface area is 108 Å². The molecule has 0 atom stereocenters. The van der Waals surface area contributed by atoms with E-state index in [1.54, 1.807) is 7.05 Å². The standard InChI is InChI=1S/C9H12ClF3N2O2S/c1-14-5-8(3-7(14)4-10)18(16,17)15(2)6-9(11,12)13/h3,5H,4,6H2,1-2H3. The molecule has 4 nitrogen and oxygen atoms in total. The topological polar surface area (TPSA) is 42.3 Å². The van der Waals surface area contributed by atoms with Crippen LogP contribution in [0.4, 0.5) is 13.2 Å². The smallest absolute Gasteiger partial charge is 0.352 e. The van der Waals surface area contributed by atoms with Crippen LogP contribution < -0.4 is 0 Å². The molecule has 1 aromatic rings. The van der Waals surface area contributed by atoms with Crippen molar-refractivity contribution in [2.75, 3.05) is 13.6 Å². The molecule has 0 aliphatic carbocycles. The fourth-order valence-electron chi connectivity index (χ4n) is 1.37. The lowest BCUT2D eigenvalue weighted by Gasteiger charge is -2.17. The van der Waals surface area contributed by atoms with Crippen molar-refractivity contribution < 1.29 is 21.6 Å². The largest absolute Gasteiger partial charge is 0.402 e. The van der Waals surface area contributed by atoms with Gasteiger partial charge in [0.1, 0.15) is 11.4 Å². The second-order valence-electron chi connectivity index (χ2n) is 3.79. The first-order valence-corrected chi connectivity index (χ1v) is 6.79. The van der Waals surface area contributed by atoms with Crippen LogP contribution in [-0.2, 0) is 23.0 Å². The van der Waals surface area contributed by atoms with Crippen molar-refractivity contribution >= 4 is 21.6 Å². The first-order chi connectivity index (χ1) is 8.08. The Balaban J connectivity index is 3.05. The molecule has 0 fully saturated rings. The van der Waals surface area contributed by atoms with Gasteiger partial charge >= 0.3 is 6.18 Å². The van der Waals surface area contributed by atoms with E-state index < -0.39 is 22.7 Å². The number of aryl methyl sites for hydroxylation is 1. The van der Waals surface area contributed by atoms with Crippen LogP contribution in [-0.4, -0.2) is 37.1 Å². The summed E-state index contributed by atoms with van der Waals surface area (Å²) < 4.78 is 62.0. The van der Waals surface area contributed by atoms with E-state index in [0.29, 0.717) is 5.69 Å². The van der Waals surface area contributed by atoms with Gasteiger partial charge in [-0.15, -0.1) is 11.6 Å². The second-order valence-corrected chi connectivity index (χ2v) is 6.10. The Morgan fingerprint density at radius 1 is 1.44 bits per heavy atom. The molecule has 0 amide bonds. The molecule has 18 heavy (non-hydrogen) atoms. The summed E-state index contributed by atoms with van der Waals surface area (Å²) in [6.45, 7) is -1.53. The molecular weight excluding hydrogens is 293 g/mol. The van der Waals surface area contributed by atoms with Gasteiger partial charge in [0.25, 0.3) is 0 Å². The van der Waals surface area contributed by atoms with Crippen molar-refractivity contribution in [3.05, 3.63) is 18.0 Å². The molecule has 0 saturated carbocycles. The summed E-state index contributed by atoms with van der Waals surface area (Å²) in [5.74, 6) is 0.0784. The molecule has 0 spiro atoms. The van der Waals surface area contributed by atoms with E-state index in [9.17, 15) is 21.6 Å². The van der Waals surface area contributed by atoms with Crippen molar-refractivity contribution in [1.29, 1.82) is 0 Å². The number of halogens is 4. The van der Waals surface area contributed by atoms with Crippen LogP contribution in [0.15, 0.2) is 17.2 Å². The van der Waals surface area contributed by atoms with Crippen LogP contribution >= 0.6 is 11.6 Å². The van der Waals surface area contributed by atoms with Gasteiger partial charge in [0.15, 0.2) is 0 Å². The molecule has 104 valence electrons. The zero-order valence-corrected chi connectivity index (χ0v) is 11.3. The molecule has 0 bridgehead atoms. The summed E-state index contributed by atoms with van der Waals surface area (Å²) in [6, 6.07) is 1.26. The number of hydrogen-bond acceptors (Lipinski definition) is 2. The predicted molar refractivity (Wildman–Crippen MR) is 60.8 cm³/mol. The zero-order valence-electron chi connectivity index (χ0n) is 9.70. The number of alkyl halides is 4. The van der Waals surface area contributed by atoms with Crippen molar-refractivity contribution in [1.82, 2.24) is 8.87 Å². The third-order valence-electron chi connectivity index (χ3n) is 2.33. The average molecular weight is 305 g/mol. The average Bonchev–Trinajstić information content (AvgIpc) is 2.57. The van der Waals surface area contributed by atoms with E-state index in [-0.39, 0.29) is 15.1 Å². The van der Waals surface area contributed by atoms with E-state index in [4.69, 9.17) is 11.6 Å². The summed E-state index contributed by atoms with van der Waals surface area (Å²) in [7, 11) is -1.70. The van der Waals surface area contributed by atoms with Gasteiger partial charge in [-0.2, -0.15) is 17.5 Å². The summed E-state index contributed by atoms with van der Waals surface area (Å²) in [5.41, 5.74) is 0.510. The van der Waals surface area contributed by atoms with Crippen LogP contribution in [0.2, 0.25) is 0 Å². The molecule has 0 unspecified atom stereocenters. The molecule has 0 radical (unpaired) electrons. The van der Waals surface area contributed by atoms with Crippen molar-refractivity contribution in [2.45, 2.75) is 17.0 Å². The van der Waals surface area contributed by atoms with Crippen molar-refractivity contribution in [2.24, 2.45) is 7.05 Å². The third-order valence-corrected chi connectivity index (χ3v) is 4.37. The highest BCUT2D eigenvalue weighted by atomic mass is 35.5. The number of hydrogen-bond donors (Lipinski definition) is 0. The van der Waals surface area contributed by atoms with E-state index in [1.165, 1.54) is 16.8 Å². The normalized spacial score (nSPS) is 13.3. The lowest BCUT2D eigenvalue weighted by molar-refractivity contribution is -0.134. The van der Waals surface area contributed by atoms with E-state index in [1.807, 2.05) is 0 Å². The molecule has 1 aromatic heterocycles. The molecule has 1 heterocycles. The lowest BCUT2D eigenvalue weighted by atomic mass is 10.5. The van der Waals surface area contributed by atoms with E-state index in [2.05, 4.69) is 0 Å². The molecule has 0 aliphatic heterocycles. The van der Waals surface area contributed by atoms with E-state index in [0.717, 1.165) is 7.05 Å². The van der Waals surface area contributed by atoms with Gasteiger partial charge in [0, 0.05) is 26.0 Å². The van der Waals surface area contributed by atoms with Crippen molar-refractivity contribution in [3.63, 3.8) is 0 Å². The summed E-state index contributed by atoms with van der Waals surface area (Å²) in [4.78, 5) is -0.201. The Bertz CT molecular complexity index is 524. The Hall–Kier alpha value is -0.730. The molecule has 0 saturated heterocycles. The molecule has 0 aromatic carbocycles. The Morgan fingerprint density at radius 3 is 2.39 bits per heavy atom. The number of nitrogens with zero attached hydrogens (tertiary/aromatic N) is 2. The number of sulfonamides is 1. The number of aromatic nitrogens is 1. The van der Waals surface area contributed by atoms with Gasteiger partial charge in [-0.1, -0.05) is 0 Å². The highest BCUT2D eigenvalue weighted by Gasteiger charge is 2.35. The van der Waals surface area contributed by atoms with Crippen LogP contribution in [0.25, 0.3) is 0 Å². The van der Waals surface area contributed by atoms with Gasteiger partial charge in [-0.3, -0.25) is 0 Å². The molecule has 0 aliphatic rings. The summed E-state index contributed by atoms with van der Waals surface area (Å²) >= 11 is 5.57. The fraction of sp³-hybridized carbons (Fsp3) is 0.556. The summed E-state index contributed by atoms with van der Waals surface area (Å²) in [5, 5.41) is 0. The minimum Gasteiger partial charge on any atom is -0.352 e. The minimum absolute atomic E-state index is 0.0784. The molecule has 9 heteroatoms. The highest BCUT2D eigenvalue weighted by Crippen LogP contribution is 2.22. The first-order valence-electron chi connectivity index (χ1n) is 4.82. The monoisotopic (exact) mass is 304 g/mol. The van der Waals surface area contributed by atoms with Gasteiger partial charge in [0.05, 0.1) is 5.88 Å². The molecular formula is C9H12ClF3N2O2S. The van der Waals surface area contributed by atoms with Gasteiger partial charge < -0.3 is 4.57 Å². The lowest BCUT2D eigenvalue weighted by Crippen LogP contribution is -2.35. The Morgan fingerprint density at radius 2 is 2.00 bits per heavy atom. The SMILES string of the molecule is CN(CC(F)(F)F)S(=O)(=O)c1cc(CCl)n(C)c1. The number of rotatable bonds is 4. The Kier molecular flexibility index (Phi) is 4.34. The quantitative estimate of drug-likeness (QED) is 0.798. The molecule has 1 rings (SSSR count). The summed E-state index contributed by atoms with van der Waals surface area (Å²) in [6.07, 6.45) is -3.34. The van der Waals surface area contributed by atoms with Gasteiger partial charge in [-0.25, -0.2) is 8.42 Å². The maximum atomic E-state index is 12.2. The van der Waals surface area contributed by atoms with E-state index >= 15 is 0 Å². The predicted octanol–water partition coefficient (Wildman–Crippen LogP) is 1.95. The van der Waals surface area contributed by atoms with Crippen molar-refractivity contribution in [3.8, 4) is 0 Å². The van der Waals surface area contributed by atoms with Gasteiger partial charge in [0.2, 0.25) is 10.0 Å².